The summed E-state index contributed by atoms with van der Waals surface area (Å²) in [5.74, 6) is 3.15. The van der Waals surface area contributed by atoms with E-state index in [0.717, 1.165) is 62.0 Å². The Morgan fingerprint density at radius 1 is 0.370 bits per heavy atom. The topological polar surface area (TPSA) is 16.4 Å². The predicted molar refractivity (Wildman–Crippen MR) is 301 cm³/mol. The highest BCUT2D eigenvalue weighted by molar-refractivity contribution is 6.09. The van der Waals surface area contributed by atoms with Crippen LogP contribution in [0, 0.1) is 18.8 Å². The molecule has 2 saturated carbocycles. The van der Waals surface area contributed by atoms with Gasteiger partial charge >= 0.3 is 0 Å². The van der Waals surface area contributed by atoms with Crippen LogP contribution in [0.15, 0.2) is 223 Å². The van der Waals surface area contributed by atoms with Crippen molar-refractivity contribution in [2.45, 2.75) is 56.3 Å². The van der Waals surface area contributed by atoms with Crippen LogP contribution in [-0.2, 0) is 5.41 Å². The van der Waals surface area contributed by atoms with Crippen molar-refractivity contribution in [2.24, 2.45) is 11.8 Å². The first-order valence-electron chi connectivity index (χ1n) is 26.6. The third-order valence-electron chi connectivity index (χ3n) is 18.1. The van der Waals surface area contributed by atoms with Crippen molar-refractivity contribution in [3.05, 3.63) is 257 Å². The van der Waals surface area contributed by atoms with Crippen LogP contribution < -0.4 is 4.90 Å². The maximum atomic E-state index is 6.49. The highest BCUT2D eigenvalue weighted by Crippen LogP contribution is 2.66. The Labute approximate surface area is 427 Å². The van der Waals surface area contributed by atoms with E-state index in [1.807, 2.05) is 6.07 Å². The van der Waals surface area contributed by atoms with Gasteiger partial charge in [-0.3, -0.25) is 0 Å². The van der Waals surface area contributed by atoms with E-state index in [2.05, 4.69) is 224 Å². The lowest BCUT2D eigenvalue weighted by molar-refractivity contribution is 0.166. The third-order valence-corrected chi connectivity index (χ3v) is 18.1. The second kappa shape index (κ2) is 15.6. The summed E-state index contributed by atoms with van der Waals surface area (Å²) in [7, 11) is 0. The molecule has 3 unspecified atom stereocenters. The largest absolute Gasteiger partial charge is 0.455 e. The highest BCUT2D eigenvalue weighted by atomic mass is 16.3. The predicted octanol–water partition coefficient (Wildman–Crippen LogP) is 19.1. The van der Waals surface area contributed by atoms with Crippen molar-refractivity contribution in [3.8, 4) is 55.6 Å². The number of para-hydroxylation sites is 2. The van der Waals surface area contributed by atoms with E-state index < -0.39 is 0 Å². The Morgan fingerprint density at radius 3 is 1.63 bits per heavy atom. The maximum Gasteiger partial charge on any atom is 0.143 e. The Hall–Kier alpha value is -8.20. The van der Waals surface area contributed by atoms with Gasteiger partial charge in [0.2, 0.25) is 0 Å². The first-order chi connectivity index (χ1) is 36.0. The molecule has 10 aromatic carbocycles. The smallest absolute Gasteiger partial charge is 0.143 e. The van der Waals surface area contributed by atoms with Gasteiger partial charge in [-0.05, 0) is 195 Å². The van der Waals surface area contributed by atoms with Gasteiger partial charge in [-0.15, -0.1) is 0 Å². The summed E-state index contributed by atoms with van der Waals surface area (Å²) in [6.45, 7) is 2.28. The Balaban J connectivity index is 0.814. The second-order valence-corrected chi connectivity index (χ2v) is 22.1. The van der Waals surface area contributed by atoms with Crippen molar-refractivity contribution in [1.82, 2.24) is 0 Å². The Bertz CT molecular complexity index is 4020. The molecule has 3 atom stereocenters. The first-order valence-corrected chi connectivity index (χ1v) is 26.6. The molecule has 1 heterocycles. The van der Waals surface area contributed by atoms with Crippen molar-refractivity contribution in [1.29, 1.82) is 0 Å². The second-order valence-electron chi connectivity index (χ2n) is 22.1. The molecule has 1 aromatic heterocycles. The standard InChI is InChI=1S/C71H53NO/c1-43-18-32-59-64-41-62-51-36-44-35-45(37-51)39-52(38-44)63(62)42-68(64)71(66(59)34-43)65-16-7-5-12-57(65)58-33-25-50(40-67(58)71)48-21-28-54(29-22-48)72(53-26-19-47(20-27-53)46-10-3-2-4-11-46)55-30-23-49(24-31-55)56-14-9-15-61-60-13-6-8-17-69(60)73-70(56)61/h2-34,40-42,44-45,51-52H,35-39H2,1H3. The van der Waals surface area contributed by atoms with E-state index in [-0.39, 0.29) is 5.41 Å². The van der Waals surface area contributed by atoms with Gasteiger partial charge < -0.3 is 9.32 Å². The molecule has 17 rings (SSSR count). The van der Waals surface area contributed by atoms with E-state index in [9.17, 15) is 0 Å². The number of fused-ring (bicyclic) bond motifs is 13. The van der Waals surface area contributed by atoms with E-state index >= 15 is 0 Å². The Morgan fingerprint density at radius 2 is 0.890 bits per heavy atom. The molecule has 1 spiro atoms. The van der Waals surface area contributed by atoms with Crippen LogP contribution in [-0.4, -0.2) is 0 Å². The van der Waals surface area contributed by atoms with Gasteiger partial charge in [0.1, 0.15) is 11.2 Å². The molecule has 0 amide bonds. The van der Waals surface area contributed by atoms with Gasteiger partial charge in [-0.2, -0.15) is 0 Å². The lowest BCUT2D eigenvalue weighted by Crippen LogP contribution is -2.26. The molecule has 0 aliphatic heterocycles. The molecule has 0 radical (unpaired) electrons. The Kier molecular flexibility index (Phi) is 8.88. The molecule has 11 aromatic rings. The van der Waals surface area contributed by atoms with Crippen molar-refractivity contribution in [3.63, 3.8) is 0 Å². The maximum absolute atomic E-state index is 6.49. The quantitative estimate of drug-likeness (QED) is 0.165. The van der Waals surface area contributed by atoms with Crippen LogP contribution in [0.4, 0.5) is 17.1 Å². The number of furan rings is 1. The molecule has 2 fully saturated rings. The number of nitrogens with zero attached hydrogens (tertiary/aromatic N) is 1. The number of aryl methyl sites for hydroxylation is 1. The molecule has 0 saturated heterocycles. The van der Waals surface area contributed by atoms with Crippen LogP contribution in [0.3, 0.4) is 0 Å². The molecule has 2 heteroatoms. The third kappa shape index (κ3) is 6.10. The van der Waals surface area contributed by atoms with Crippen molar-refractivity contribution < 1.29 is 4.42 Å². The zero-order valence-electron chi connectivity index (χ0n) is 41.0. The molecule has 4 bridgehead atoms. The zero-order chi connectivity index (χ0) is 47.9. The summed E-state index contributed by atoms with van der Waals surface area (Å²) in [6.07, 6.45) is 6.95. The normalized spacial score (nSPS) is 20.5. The summed E-state index contributed by atoms with van der Waals surface area (Å²) in [4.78, 5) is 2.38. The highest BCUT2D eigenvalue weighted by Gasteiger charge is 2.53. The molecule has 6 aliphatic rings. The fraction of sp³-hybridized carbons (Fsp3) is 0.155. The number of rotatable bonds is 6. The minimum Gasteiger partial charge on any atom is -0.455 e. The van der Waals surface area contributed by atoms with Crippen LogP contribution in [0.2, 0.25) is 0 Å². The lowest BCUT2D eigenvalue weighted by atomic mass is 9.67. The van der Waals surface area contributed by atoms with E-state index in [1.54, 1.807) is 11.1 Å². The van der Waals surface area contributed by atoms with Gasteiger partial charge in [0.25, 0.3) is 0 Å². The first kappa shape index (κ1) is 41.4. The number of hydrogen-bond donors (Lipinski definition) is 0. The monoisotopic (exact) mass is 935 g/mol. The fourth-order valence-electron chi connectivity index (χ4n) is 15.1. The van der Waals surface area contributed by atoms with Crippen molar-refractivity contribution in [2.75, 3.05) is 4.90 Å². The van der Waals surface area contributed by atoms with Gasteiger partial charge in [-0.25, -0.2) is 0 Å². The summed E-state index contributed by atoms with van der Waals surface area (Å²) in [5.41, 5.74) is 27.9. The van der Waals surface area contributed by atoms with Crippen LogP contribution in [0.5, 0.6) is 0 Å². The number of benzene rings is 10. The van der Waals surface area contributed by atoms with Crippen LogP contribution >= 0.6 is 0 Å². The zero-order valence-corrected chi connectivity index (χ0v) is 41.0. The summed E-state index contributed by atoms with van der Waals surface area (Å²) >= 11 is 0. The van der Waals surface area contributed by atoms with Crippen LogP contribution in [0.1, 0.15) is 82.9 Å². The van der Waals surface area contributed by atoms with Gasteiger partial charge in [0.05, 0.1) is 5.41 Å². The average molecular weight is 936 g/mol. The average Bonchev–Trinajstić information content (AvgIpc) is 4.03. The molecule has 6 aliphatic carbocycles. The van der Waals surface area contributed by atoms with Gasteiger partial charge in [-0.1, -0.05) is 175 Å². The van der Waals surface area contributed by atoms with E-state index in [4.69, 9.17) is 4.42 Å². The summed E-state index contributed by atoms with van der Waals surface area (Å²) < 4.78 is 6.49. The molecule has 2 nitrogen and oxygen atoms in total. The number of hydrogen-bond acceptors (Lipinski definition) is 2. The molecule has 348 valence electrons. The SMILES string of the molecule is Cc1ccc2c(c1)C1(c3ccccc3-c3ccc(-c4ccc(N(c5ccc(-c6ccccc6)cc5)c5ccc(-c6cccc7c6oc6ccccc67)cc5)cc4)cc31)c1cc3c(cc1-2)C1CC2CC(C1)CC3C2. The molecular weight excluding hydrogens is 883 g/mol. The van der Waals surface area contributed by atoms with Crippen LogP contribution in [0.25, 0.3) is 77.6 Å². The molecule has 73 heavy (non-hydrogen) atoms. The number of anilines is 3. The minimum atomic E-state index is -0.387. The van der Waals surface area contributed by atoms with Gasteiger partial charge in [0, 0.05) is 33.4 Å². The summed E-state index contributed by atoms with van der Waals surface area (Å²) in [6, 6.07) is 82.2. The van der Waals surface area contributed by atoms with E-state index in [0.29, 0.717) is 11.8 Å². The van der Waals surface area contributed by atoms with Gasteiger partial charge in [0.15, 0.2) is 0 Å². The lowest BCUT2D eigenvalue weighted by Gasteiger charge is -2.38. The minimum absolute atomic E-state index is 0.387. The fourth-order valence-corrected chi connectivity index (χ4v) is 15.1. The molecular formula is C71H53NO. The summed E-state index contributed by atoms with van der Waals surface area (Å²) in [5, 5.41) is 2.28. The molecule has 0 N–H and O–H groups in total. The van der Waals surface area contributed by atoms with E-state index in [1.165, 1.54) is 104 Å². The van der Waals surface area contributed by atoms with Crippen molar-refractivity contribution >= 4 is 39.0 Å².